The van der Waals surface area contributed by atoms with E-state index in [-0.39, 0.29) is 18.6 Å². The molecule has 130 valence electrons. The molecule has 2 fully saturated rings. The van der Waals surface area contributed by atoms with Crippen molar-refractivity contribution in [3.8, 4) is 0 Å². The molecule has 22 heavy (non-hydrogen) atoms. The van der Waals surface area contributed by atoms with Gasteiger partial charge in [0, 0.05) is 25.2 Å². The highest BCUT2D eigenvalue weighted by Gasteiger charge is 2.45. The van der Waals surface area contributed by atoms with Crippen LogP contribution in [0.15, 0.2) is 0 Å². The van der Waals surface area contributed by atoms with E-state index in [1.165, 1.54) is 0 Å². The zero-order valence-corrected chi connectivity index (χ0v) is 14.0. The highest BCUT2D eigenvalue weighted by Crippen LogP contribution is 2.39. The van der Waals surface area contributed by atoms with E-state index in [2.05, 4.69) is 4.90 Å². The van der Waals surface area contributed by atoms with Crippen molar-refractivity contribution in [3.05, 3.63) is 0 Å². The minimum atomic E-state index is -4.63. The molecule has 0 amide bonds. The van der Waals surface area contributed by atoms with Crippen LogP contribution in [0.1, 0.15) is 25.7 Å². The van der Waals surface area contributed by atoms with Crippen molar-refractivity contribution < 1.29 is 24.6 Å². The Bertz CT molecular complexity index is 548. The first-order valence-corrected chi connectivity index (χ1v) is 10.5. The third-order valence-electron chi connectivity index (χ3n) is 4.63. The Hall–Kier alpha value is -0.320. The maximum Gasteiger partial charge on any atom is 0.303 e. The molecule has 0 aromatic carbocycles. The minimum absolute atomic E-state index is 0.0971. The molecule has 0 saturated carbocycles. The van der Waals surface area contributed by atoms with Gasteiger partial charge in [0.05, 0.1) is 11.5 Å². The number of fused-ring (bicyclic) bond motifs is 1. The van der Waals surface area contributed by atoms with Gasteiger partial charge < -0.3 is 0 Å². The molecule has 2 rings (SSSR count). The summed E-state index contributed by atoms with van der Waals surface area (Å²) in [5.74, 6) is -1.40. The largest absolute Gasteiger partial charge is 0.303 e. The second-order valence-electron chi connectivity index (χ2n) is 6.18. The van der Waals surface area contributed by atoms with E-state index in [0.29, 0.717) is 6.54 Å². The maximum absolute atomic E-state index is 12.7. The van der Waals surface area contributed by atoms with Gasteiger partial charge in [-0.05, 0) is 38.8 Å². The van der Waals surface area contributed by atoms with E-state index in [4.69, 9.17) is 0 Å². The van der Waals surface area contributed by atoms with Crippen LogP contribution in [0.25, 0.3) is 0 Å². The van der Waals surface area contributed by atoms with Gasteiger partial charge in [-0.1, -0.05) is 0 Å². The van der Waals surface area contributed by atoms with Crippen molar-refractivity contribution >= 4 is 20.4 Å². The summed E-state index contributed by atoms with van der Waals surface area (Å²) < 4.78 is 68.3. The van der Waals surface area contributed by atoms with Gasteiger partial charge in [-0.15, -0.1) is 7.77 Å². The summed E-state index contributed by atoms with van der Waals surface area (Å²) in [6.07, 6.45) is 3.98. The Labute approximate surface area is 130 Å². The quantitative estimate of drug-likeness (QED) is 0.588. The zero-order valence-electron chi connectivity index (χ0n) is 12.4. The molecule has 0 aromatic heterocycles. The van der Waals surface area contributed by atoms with Gasteiger partial charge >= 0.3 is 20.4 Å². The molecule has 6 nitrogen and oxygen atoms in total. The lowest BCUT2D eigenvalue weighted by Crippen LogP contribution is -2.50. The van der Waals surface area contributed by atoms with E-state index in [9.17, 15) is 24.6 Å². The van der Waals surface area contributed by atoms with E-state index >= 15 is 0 Å². The standard InChI is InChI=1S/C12H22F2N2O4S2/c13-21(17,18)9-7-15(8-10-22(14,19)20)11-12-3-1-5-16(12)6-2-4-12/h1-11H2. The van der Waals surface area contributed by atoms with Gasteiger partial charge in [-0.2, -0.15) is 16.8 Å². The van der Waals surface area contributed by atoms with Gasteiger partial charge in [0.2, 0.25) is 0 Å². The van der Waals surface area contributed by atoms with Gasteiger partial charge in [-0.25, -0.2) is 0 Å². The Morgan fingerprint density at radius 3 is 1.77 bits per heavy atom. The lowest BCUT2D eigenvalue weighted by Gasteiger charge is -2.37. The van der Waals surface area contributed by atoms with Crippen LogP contribution in [0.2, 0.25) is 0 Å². The molecule has 2 heterocycles. The first kappa shape index (κ1) is 18.0. The molecule has 0 bridgehead atoms. The molecule has 0 unspecified atom stereocenters. The summed E-state index contributed by atoms with van der Waals surface area (Å²) in [5, 5.41) is 0. The monoisotopic (exact) mass is 360 g/mol. The van der Waals surface area contributed by atoms with Crippen LogP contribution in [0.4, 0.5) is 7.77 Å². The van der Waals surface area contributed by atoms with Crippen molar-refractivity contribution in [2.75, 3.05) is 44.2 Å². The fourth-order valence-corrected chi connectivity index (χ4v) is 4.60. The number of rotatable bonds is 8. The first-order valence-electron chi connectivity index (χ1n) is 7.42. The van der Waals surface area contributed by atoms with Gasteiger partial charge in [-0.3, -0.25) is 9.80 Å². The van der Waals surface area contributed by atoms with Crippen LogP contribution >= 0.6 is 0 Å². The lowest BCUT2D eigenvalue weighted by atomic mass is 9.93. The van der Waals surface area contributed by atoms with Gasteiger partial charge in [0.15, 0.2) is 0 Å². The Balaban J connectivity index is 2.03. The normalized spacial score (nSPS) is 22.3. The molecular weight excluding hydrogens is 338 g/mol. The molecule has 2 aliphatic heterocycles. The smallest absolute Gasteiger partial charge is 0.299 e. The van der Waals surface area contributed by atoms with Crippen molar-refractivity contribution in [2.24, 2.45) is 0 Å². The number of hydrogen-bond acceptors (Lipinski definition) is 6. The molecule has 0 aliphatic carbocycles. The molecule has 10 heteroatoms. The molecule has 0 spiro atoms. The molecule has 2 aliphatic rings. The predicted molar refractivity (Wildman–Crippen MR) is 79.0 cm³/mol. The first-order chi connectivity index (χ1) is 10.1. The molecule has 2 saturated heterocycles. The van der Waals surface area contributed by atoms with Crippen molar-refractivity contribution in [1.82, 2.24) is 9.80 Å². The van der Waals surface area contributed by atoms with E-state index in [0.717, 1.165) is 38.8 Å². The fraction of sp³-hybridized carbons (Fsp3) is 1.00. The van der Waals surface area contributed by atoms with E-state index < -0.39 is 32.0 Å². The summed E-state index contributed by atoms with van der Waals surface area (Å²) in [4.78, 5) is 3.89. The van der Waals surface area contributed by atoms with Crippen molar-refractivity contribution in [2.45, 2.75) is 31.2 Å². The summed E-state index contributed by atoms with van der Waals surface area (Å²) >= 11 is 0. The van der Waals surface area contributed by atoms with Gasteiger partial charge in [0.1, 0.15) is 0 Å². The van der Waals surface area contributed by atoms with Crippen LogP contribution in [0.3, 0.4) is 0 Å². The number of hydrogen-bond donors (Lipinski definition) is 0. The summed E-state index contributed by atoms with van der Waals surface area (Å²) in [5.41, 5.74) is -0.0971. The second-order valence-corrected chi connectivity index (χ2v) is 9.15. The maximum atomic E-state index is 12.7. The van der Waals surface area contributed by atoms with Crippen molar-refractivity contribution in [1.29, 1.82) is 0 Å². The Morgan fingerprint density at radius 2 is 1.36 bits per heavy atom. The molecular formula is C12H22F2N2O4S2. The molecule has 0 aromatic rings. The predicted octanol–water partition coefficient (Wildman–Crippen LogP) is 0.515. The van der Waals surface area contributed by atoms with Gasteiger partial charge in [0.25, 0.3) is 0 Å². The van der Waals surface area contributed by atoms with Crippen LogP contribution in [0, 0.1) is 0 Å². The lowest BCUT2D eigenvalue weighted by molar-refractivity contribution is 0.126. The second kappa shape index (κ2) is 6.66. The number of halogens is 2. The summed E-state index contributed by atoms with van der Waals surface area (Å²) in [7, 11) is -9.26. The summed E-state index contributed by atoms with van der Waals surface area (Å²) in [6.45, 7) is 2.15. The highest BCUT2D eigenvalue weighted by molar-refractivity contribution is 7.86. The minimum Gasteiger partial charge on any atom is -0.299 e. The molecule has 0 N–H and O–H groups in total. The third kappa shape index (κ3) is 5.10. The fourth-order valence-electron chi connectivity index (χ4n) is 3.65. The van der Waals surface area contributed by atoms with Crippen LogP contribution in [-0.4, -0.2) is 76.4 Å². The summed E-state index contributed by atoms with van der Waals surface area (Å²) in [6, 6.07) is 0. The molecule has 0 radical (unpaired) electrons. The van der Waals surface area contributed by atoms with Crippen LogP contribution in [-0.2, 0) is 20.4 Å². The average Bonchev–Trinajstić information content (AvgIpc) is 2.89. The number of nitrogens with zero attached hydrogens (tertiary/aromatic N) is 2. The third-order valence-corrected chi connectivity index (χ3v) is 5.97. The SMILES string of the molecule is O=S(=O)(F)CCN(CCS(=O)(=O)F)CC12CCCN1CCC2. The zero-order chi connectivity index (χ0) is 16.4. The molecule has 0 atom stereocenters. The Morgan fingerprint density at radius 1 is 0.909 bits per heavy atom. The van der Waals surface area contributed by atoms with E-state index in [1.54, 1.807) is 4.90 Å². The van der Waals surface area contributed by atoms with Crippen LogP contribution in [0.5, 0.6) is 0 Å². The van der Waals surface area contributed by atoms with Crippen LogP contribution < -0.4 is 0 Å². The van der Waals surface area contributed by atoms with Crippen molar-refractivity contribution in [3.63, 3.8) is 0 Å². The Kier molecular flexibility index (Phi) is 5.46. The highest BCUT2D eigenvalue weighted by atomic mass is 32.3. The topological polar surface area (TPSA) is 74.8 Å². The average molecular weight is 360 g/mol. The van der Waals surface area contributed by atoms with E-state index in [1.807, 2.05) is 0 Å².